The Morgan fingerprint density at radius 2 is 1.83 bits per heavy atom. The molecule has 184 valence electrons. The maximum Gasteiger partial charge on any atom is 0.416 e. The predicted octanol–water partition coefficient (Wildman–Crippen LogP) is 4.46. The smallest absolute Gasteiger partial charge is 0.342 e. The molecule has 0 radical (unpaired) electrons. The van der Waals surface area contributed by atoms with E-state index in [4.69, 9.17) is 0 Å². The van der Waals surface area contributed by atoms with E-state index in [1.165, 1.54) is 25.5 Å². The van der Waals surface area contributed by atoms with Crippen LogP contribution in [0.5, 0.6) is 0 Å². The van der Waals surface area contributed by atoms with Crippen LogP contribution in [0.15, 0.2) is 55.4 Å². The number of hydrogen-bond acceptors (Lipinski definition) is 8. The lowest BCUT2D eigenvalue weighted by atomic mass is 10.1. The molecule has 0 aliphatic heterocycles. The molecule has 9 nitrogen and oxygen atoms in total. The molecule has 0 bridgehead atoms. The Kier molecular flexibility index (Phi) is 7.01. The molecule has 0 aliphatic rings. The maximum atomic E-state index is 13.1. The molecule has 0 aliphatic carbocycles. The Morgan fingerprint density at radius 3 is 2.56 bits per heavy atom. The molecule has 13 heteroatoms. The van der Waals surface area contributed by atoms with Gasteiger partial charge in [-0.05, 0) is 43.7 Å². The number of anilines is 1. The largest absolute Gasteiger partial charge is 0.416 e. The van der Waals surface area contributed by atoms with Crippen molar-refractivity contribution in [2.45, 2.75) is 26.1 Å². The standard InChI is InChI=1S/C23H18F3N7O2S/c1-12-8-28-19(6-15(12)23(24,25)26)33-21(35)18-10-29-22(36-18)13(2)32-20(34)17-7-16(30-11-31-17)14-4-3-5-27-9-14/h3-11,13H,1-2H3,(H,32,34)(H,28,33,35). The zero-order chi connectivity index (χ0) is 25.9. The van der Waals surface area contributed by atoms with E-state index >= 15 is 0 Å². The lowest BCUT2D eigenvalue weighted by molar-refractivity contribution is -0.138. The van der Waals surface area contributed by atoms with Gasteiger partial charge in [-0.1, -0.05) is 0 Å². The van der Waals surface area contributed by atoms with Gasteiger partial charge in [0, 0.05) is 24.2 Å². The molecule has 1 unspecified atom stereocenters. The Morgan fingerprint density at radius 1 is 1.03 bits per heavy atom. The zero-order valence-electron chi connectivity index (χ0n) is 18.9. The van der Waals surface area contributed by atoms with E-state index in [0.717, 1.165) is 29.2 Å². The molecule has 0 saturated heterocycles. The molecule has 4 aromatic rings. The second kappa shape index (κ2) is 10.2. The molecule has 2 amide bonds. The minimum Gasteiger partial charge on any atom is -0.342 e. The second-order valence-electron chi connectivity index (χ2n) is 7.62. The third kappa shape index (κ3) is 5.68. The summed E-state index contributed by atoms with van der Waals surface area (Å²) in [4.78, 5) is 45.6. The highest BCUT2D eigenvalue weighted by atomic mass is 32.1. The van der Waals surface area contributed by atoms with Crippen LogP contribution in [0.2, 0.25) is 0 Å². The van der Waals surface area contributed by atoms with Crippen molar-refractivity contribution in [2.24, 2.45) is 0 Å². The number of carbonyl (C=O) groups excluding carboxylic acids is 2. The van der Waals surface area contributed by atoms with Gasteiger partial charge in [-0.25, -0.2) is 19.9 Å². The third-order valence-corrected chi connectivity index (χ3v) is 6.15. The van der Waals surface area contributed by atoms with Crippen molar-refractivity contribution in [3.8, 4) is 11.3 Å². The first-order valence-corrected chi connectivity index (χ1v) is 11.3. The summed E-state index contributed by atoms with van der Waals surface area (Å²) in [6.07, 6.45) is 2.27. The number of aryl methyl sites for hydroxylation is 1. The monoisotopic (exact) mass is 513 g/mol. The number of carbonyl (C=O) groups is 2. The summed E-state index contributed by atoms with van der Waals surface area (Å²) in [5, 5.41) is 5.53. The number of pyridine rings is 2. The van der Waals surface area contributed by atoms with Crippen molar-refractivity contribution >= 4 is 29.0 Å². The molecule has 4 rings (SSSR count). The minimum atomic E-state index is -4.57. The second-order valence-corrected chi connectivity index (χ2v) is 8.69. The lowest BCUT2D eigenvalue weighted by Crippen LogP contribution is -2.27. The molecule has 4 aromatic heterocycles. The van der Waals surface area contributed by atoms with Crippen molar-refractivity contribution < 1.29 is 22.8 Å². The average molecular weight is 514 g/mol. The summed E-state index contributed by atoms with van der Waals surface area (Å²) < 4.78 is 39.4. The van der Waals surface area contributed by atoms with Crippen molar-refractivity contribution in [3.63, 3.8) is 0 Å². The number of hydrogen-bond donors (Lipinski definition) is 2. The van der Waals surface area contributed by atoms with E-state index < -0.39 is 29.6 Å². The van der Waals surface area contributed by atoms with Crippen LogP contribution in [-0.2, 0) is 6.18 Å². The third-order valence-electron chi connectivity index (χ3n) is 4.97. The number of aromatic nitrogens is 5. The molecule has 2 N–H and O–H groups in total. The molecule has 36 heavy (non-hydrogen) atoms. The van der Waals surface area contributed by atoms with Gasteiger partial charge in [-0.2, -0.15) is 13.2 Å². The number of alkyl halides is 3. The van der Waals surface area contributed by atoms with Crippen LogP contribution in [0.25, 0.3) is 11.3 Å². The molecule has 0 saturated carbocycles. The van der Waals surface area contributed by atoms with E-state index in [1.54, 1.807) is 31.5 Å². The first kappa shape index (κ1) is 24.9. The Bertz CT molecular complexity index is 1410. The quantitative estimate of drug-likeness (QED) is 0.390. The number of nitrogens with one attached hydrogen (secondary N) is 2. The van der Waals surface area contributed by atoms with Crippen LogP contribution in [-0.4, -0.2) is 36.7 Å². The number of amides is 2. The van der Waals surface area contributed by atoms with E-state index in [1.807, 2.05) is 0 Å². The van der Waals surface area contributed by atoms with Gasteiger partial charge in [0.25, 0.3) is 11.8 Å². The summed E-state index contributed by atoms with van der Waals surface area (Å²) in [5.74, 6) is -1.37. The maximum absolute atomic E-state index is 13.1. The first-order valence-electron chi connectivity index (χ1n) is 10.5. The van der Waals surface area contributed by atoms with Crippen molar-refractivity contribution in [1.82, 2.24) is 30.2 Å². The van der Waals surface area contributed by atoms with Crippen molar-refractivity contribution in [3.05, 3.63) is 82.1 Å². The van der Waals surface area contributed by atoms with E-state index in [0.29, 0.717) is 10.7 Å². The van der Waals surface area contributed by atoms with Crippen LogP contribution < -0.4 is 10.6 Å². The molecular formula is C23H18F3N7O2S. The van der Waals surface area contributed by atoms with Crippen LogP contribution in [0, 0.1) is 6.92 Å². The highest BCUT2D eigenvalue weighted by molar-refractivity contribution is 7.13. The van der Waals surface area contributed by atoms with Crippen LogP contribution in [0.3, 0.4) is 0 Å². The van der Waals surface area contributed by atoms with E-state index in [-0.39, 0.29) is 22.0 Å². The summed E-state index contributed by atoms with van der Waals surface area (Å²) in [5.41, 5.74) is 0.452. The van der Waals surface area contributed by atoms with Crippen LogP contribution in [0.4, 0.5) is 19.0 Å². The summed E-state index contributed by atoms with van der Waals surface area (Å²) in [7, 11) is 0. The molecule has 4 heterocycles. The van der Waals surface area contributed by atoms with Crippen LogP contribution in [0.1, 0.15) is 49.3 Å². The summed E-state index contributed by atoms with van der Waals surface area (Å²) in [6.45, 7) is 2.96. The Labute approximate surface area is 206 Å². The molecule has 1 atom stereocenters. The van der Waals surface area contributed by atoms with E-state index in [9.17, 15) is 22.8 Å². The normalized spacial score (nSPS) is 12.1. The van der Waals surface area contributed by atoms with Gasteiger partial charge < -0.3 is 10.6 Å². The molecule has 0 spiro atoms. The number of rotatable bonds is 6. The Balaban J connectivity index is 1.43. The van der Waals surface area contributed by atoms with Gasteiger partial charge >= 0.3 is 6.18 Å². The van der Waals surface area contributed by atoms with E-state index in [2.05, 4.69) is 35.6 Å². The minimum absolute atomic E-state index is 0.0543. The fourth-order valence-electron chi connectivity index (χ4n) is 3.15. The number of halogens is 3. The fraction of sp³-hybridized carbons (Fsp3) is 0.174. The highest BCUT2D eigenvalue weighted by Crippen LogP contribution is 2.33. The lowest BCUT2D eigenvalue weighted by Gasteiger charge is -2.12. The fourth-order valence-corrected chi connectivity index (χ4v) is 3.97. The number of thiazole rings is 1. The van der Waals surface area contributed by atoms with Gasteiger partial charge in [0.1, 0.15) is 27.7 Å². The first-order chi connectivity index (χ1) is 17.1. The van der Waals surface area contributed by atoms with Gasteiger partial charge in [0.2, 0.25) is 0 Å². The number of nitrogens with zero attached hydrogens (tertiary/aromatic N) is 5. The predicted molar refractivity (Wildman–Crippen MR) is 125 cm³/mol. The Hall–Kier alpha value is -4.26. The summed E-state index contributed by atoms with van der Waals surface area (Å²) >= 11 is 0.990. The van der Waals surface area contributed by atoms with Crippen molar-refractivity contribution in [2.75, 3.05) is 5.32 Å². The topological polar surface area (TPSA) is 123 Å². The van der Waals surface area contributed by atoms with Gasteiger partial charge in [-0.3, -0.25) is 14.6 Å². The van der Waals surface area contributed by atoms with Gasteiger partial charge in [0.15, 0.2) is 0 Å². The molecular weight excluding hydrogens is 495 g/mol. The summed E-state index contributed by atoms with van der Waals surface area (Å²) in [6, 6.07) is 5.29. The molecule has 0 aromatic carbocycles. The zero-order valence-corrected chi connectivity index (χ0v) is 19.7. The molecule has 0 fully saturated rings. The average Bonchev–Trinajstić information content (AvgIpc) is 3.36. The van der Waals surface area contributed by atoms with Crippen molar-refractivity contribution in [1.29, 1.82) is 0 Å². The van der Waals surface area contributed by atoms with Gasteiger partial charge in [0.05, 0.1) is 23.5 Å². The van der Waals surface area contributed by atoms with Crippen LogP contribution >= 0.6 is 11.3 Å². The van der Waals surface area contributed by atoms with Gasteiger partial charge in [-0.15, -0.1) is 11.3 Å². The SMILES string of the molecule is Cc1cnc(NC(=O)c2cnc(C(C)NC(=O)c3cc(-c4cccnc4)ncn3)s2)cc1C(F)(F)F. The highest BCUT2D eigenvalue weighted by Gasteiger charge is 2.33.